The maximum absolute atomic E-state index is 12.5. The zero-order valence-corrected chi connectivity index (χ0v) is 14.3. The van der Waals surface area contributed by atoms with Crippen molar-refractivity contribution in [3.63, 3.8) is 0 Å². The van der Waals surface area contributed by atoms with Crippen LogP contribution in [0.2, 0.25) is 5.02 Å². The van der Waals surface area contributed by atoms with Gasteiger partial charge in [0.2, 0.25) is 5.78 Å². The first-order valence-corrected chi connectivity index (χ1v) is 9.51. The molecule has 7 heteroatoms. The molecular formula is C17H14ClNO4S. The van der Waals surface area contributed by atoms with Gasteiger partial charge in [-0.3, -0.25) is 14.5 Å². The molecule has 1 saturated heterocycles. The summed E-state index contributed by atoms with van der Waals surface area (Å²) in [7, 11) is -3.78. The predicted octanol–water partition coefficient (Wildman–Crippen LogP) is 2.41. The Kier molecular flexibility index (Phi) is 4.19. The fourth-order valence-corrected chi connectivity index (χ4v) is 4.29. The summed E-state index contributed by atoms with van der Waals surface area (Å²) < 4.78 is 24.4. The normalized spacial score (nSPS) is 21.3. The van der Waals surface area contributed by atoms with E-state index in [-0.39, 0.29) is 0 Å². The molecule has 0 radical (unpaired) electrons. The molecule has 0 aromatic heterocycles. The van der Waals surface area contributed by atoms with E-state index in [0.717, 1.165) is 6.26 Å². The highest BCUT2D eigenvalue weighted by Gasteiger charge is 2.53. The zero-order valence-electron chi connectivity index (χ0n) is 12.7. The second kappa shape index (κ2) is 6.03. The molecule has 1 heterocycles. The number of Topliss-reactive ketones (excluding diaryl/α,β-unsaturated/α-hetero) is 1. The molecule has 0 N–H and O–H groups in total. The summed E-state index contributed by atoms with van der Waals surface area (Å²) in [6.07, 6.45) is 0.972. The lowest BCUT2D eigenvalue weighted by molar-refractivity contribution is -0.133. The van der Waals surface area contributed by atoms with Crippen LogP contribution in [0.25, 0.3) is 0 Å². The van der Waals surface area contributed by atoms with E-state index in [0.29, 0.717) is 16.3 Å². The van der Waals surface area contributed by atoms with Gasteiger partial charge in [-0.15, -0.1) is 0 Å². The Morgan fingerprint density at radius 3 is 2.08 bits per heavy atom. The summed E-state index contributed by atoms with van der Waals surface area (Å²) in [6, 6.07) is 14.1. The van der Waals surface area contributed by atoms with Gasteiger partial charge in [-0.1, -0.05) is 41.9 Å². The van der Waals surface area contributed by atoms with Crippen molar-refractivity contribution in [1.82, 2.24) is 0 Å². The number of nitrogens with zero attached hydrogens (tertiary/aromatic N) is 1. The van der Waals surface area contributed by atoms with Gasteiger partial charge in [0, 0.05) is 17.0 Å². The predicted molar refractivity (Wildman–Crippen MR) is 91.8 cm³/mol. The number of amides is 1. The smallest absolute Gasteiger partial charge is 0.296 e. The second-order valence-electron chi connectivity index (χ2n) is 5.62. The Morgan fingerprint density at radius 1 is 0.958 bits per heavy atom. The first kappa shape index (κ1) is 16.7. The van der Waals surface area contributed by atoms with E-state index in [9.17, 15) is 18.0 Å². The van der Waals surface area contributed by atoms with E-state index in [1.807, 2.05) is 0 Å². The topological polar surface area (TPSA) is 71.5 Å². The summed E-state index contributed by atoms with van der Waals surface area (Å²) >= 11 is 5.89. The maximum Gasteiger partial charge on any atom is 0.296 e. The van der Waals surface area contributed by atoms with Crippen LogP contribution in [0.15, 0.2) is 54.6 Å². The van der Waals surface area contributed by atoms with Gasteiger partial charge in [-0.25, -0.2) is 8.42 Å². The standard InChI is InChI=1S/C17H14ClNO4S/c1-24(22,23)16-14(11-7-9-12(18)10-8-11)19(17(21)15(16)20)13-5-3-2-4-6-13/h2-10,14,16H,1H3/t14-,16+/m0/s1. The minimum atomic E-state index is -3.78. The first-order valence-electron chi connectivity index (χ1n) is 7.17. The molecule has 0 unspecified atom stereocenters. The van der Waals surface area contributed by atoms with Crippen molar-refractivity contribution in [2.24, 2.45) is 0 Å². The molecule has 24 heavy (non-hydrogen) atoms. The van der Waals surface area contributed by atoms with Crippen molar-refractivity contribution in [3.05, 3.63) is 65.2 Å². The van der Waals surface area contributed by atoms with Crippen LogP contribution in [0.4, 0.5) is 5.69 Å². The minimum Gasteiger partial charge on any atom is -0.296 e. The van der Waals surface area contributed by atoms with Crippen LogP contribution >= 0.6 is 11.6 Å². The lowest BCUT2D eigenvalue weighted by Gasteiger charge is -2.27. The van der Waals surface area contributed by atoms with E-state index in [1.165, 1.54) is 4.90 Å². The Bertz CT molecular complexity index is 894. The monoisotopic (exact) mass is 363 g/mol. The number of carbonyl (C=O) groups excluding carboxylic acids is 2. The molecule has 0 spiro atoms. The highest BCUT2D eigenvalue weighted by atomic mass is 35.5. The largest absolute Gasteiger partial charge is 0.296 e. The van der Waals surface area contributed by atoms with Gasteiger partial charge in [0.05, 0.1) is 6.04 Å². The molecule has 2 aromatic carbocycles. The average molecular weight is 364 g/mol. The van der Waals surface area contributed by atoms with Crippen molar-refractivity contribution in [3.8, 4) is 0 Å². The summed E-state index contributed by atoms with van der Waals surface area (Å²) in [4.78, 5) is 26.1. The number of ketones is 1. The fourth-order valence-electron chi connectivity index (χ4n) is 2.92. The van der Waals surface area contributed by atoms with Gasteiger partial charge in [-0.05, 0) is 29.8 Å². The van der Waals surface area contributed by atoms with Gasteiger partial charge < -0.3 is 0 Å². The summed E-state index contributed by atoms with van der Waals surface area (Å²) in [6.45, 7) is 0. The fraction of sp³-hybridized carbons (Fsp3) is 0.176. The molecule has 0 saturated carbocycles. The molecule has 1 aliphatic heterocycles. The Labute approximate surface area is 144 Å². The van der Waals surface area contributed by atoms with Crippen LogP contribution in [-0.4, -0.2) is 31.6 Å². The van der Waals surface area contributed by atoms with Gasteiger partial charge in [0.25, 0.3) is 5.91 Å². The third-order valence-corrected chi connectivity index (χ3v) is 5.61. The van der Waals surface area contributed by atoms with E-state index in [4.69, 9.17) is 11.6 Å². The highest BCUT2D eigenvalue weighted by molar-refractivity contribution is 7.92. The van der Waals surface area contributed by atoms with E-state index >= 15 is 0 Å². The van der Waals surface area contributed by atoms with Gasteiger partial charge >= 0.3 is 0 Å². The number of anilines is 1. The SMILES string of the molecule is CS(=O)(=O)[C@H]1C(=O)C(=O)N(c2ccccc2)[C@H]1c1ccc(Cl)cc1. The van der Waals surface area contributed by atoms with Crippen LogP contribution in [0.3, 0.4) is 0 Å². The Balaban J connectivity index is 2.21. The van der Waals surface area contributed by atoms with Crippen molar-refractivity contribution in [1.29, 1.82) is 0 Å². The number of carbonyl (C=O) groups is 2. The lowest BCUT2D eigenvalue weighted by Crippen LogP contribution is -2.33. The van der Waals surface area contributed by atoms with Gasteiger partial charge in [0.1, 0.15) is 0 Å². The average Bonchev–Trinajstić information content (AvgIpc) is 2.81. The van der Waals surface area contributed by atoms with Crippen LogP contribution in [0.5, 0.6) is 0 Å². The highest BCUT2D eigenvalue weighted by Crippen LogP contribution is 2.39. The first-order chi connectivity index (χ1) is 11.3. The number of halogens is 1. The maximum atomic E-state index is 12.5. The molecule has 1 amide bonds. The van der Waals surface area contributed by atoms with E-state index < -0.39 is 32.8 Å². The molecule has 3 rings (SSSR count). The number of para-hydroxylation sites is 1. The number of hydrogen-bond donors (Lipinski definition) is 0. The second-order valence-corrected chi connectivity index (χ2v) is 8.22. The van der Waals surface area contributed by atoms with Crippen LogP contribution in [-0.2, 0) is 19.4 Å². The molecule has 0 bridgehead atoms. The summed E-state index contributed by atoms with van der Waals surface area (Å²) in [5.41, 5.74) is 1.01. The van der Waals surface area contributed by atoms with Crippen molar-refractivity contribution >= 4 is 38.8 Å². The quantitative estimate of drug-likeness (QED) is 0.785. The third-order valence-electron chi connectivity index (χ3n) is 3.96. The van der Waals surface area contributed by atoms with Crippen molar-refractivity contribution in [2.45, 2.75) is 11.3 Å². The Hall–Kier alpha value is -2.18. The number of hydrogen-bond acceptors (Lipinski definition) is 4. The molecular weight excluding hydrogens is 350 g/mol. The molecule has 1 fully saturated rings. The lowest BCUT2D eigenvalue weighted by atomic mass is 10.0. The number of benzene rings is 2. The number of sulfone groups is 1. The zero-order chi connectivity index (χ0) is 17.5. The Morgan fingerprint density at radius 2 is 1.54 bits per heavy atom. The third kappa shape index (κ3) is 2.83. The van der Waals surface area contributed by atoms with Crippen LogP contribution in [0, 0.1) is 0 Å². The summed E-state index contributed by atoms with van der Waals surface area (Å²) in [5.74, 6) is -1.74. The molecule has 5 nitrogen and oxygen atoms in total. The van der Waals surface area contributed by atoms with Crippen LogP contribution < -0.4 is 4.90 Å². The molecule has 1 aliphatic rings. The van der Waals surface area contributed by atoms with E-state index in [2.05, 4.69) is 0 Å². The number of rotatable bonds is 3. The van der Waals surface area contributed by atoms with E-state index in [1.54, 1.807) is 54.6 Å². The summed E-state index contributed by atoms with van der Waals surface area (Å²) in [5, 5.41) is -0.956. The molecule has 0 aliphatic carbocycles. The molecule has 2 atom stereocenters. The minimum absolute atomic E-state index is 0.474. The van der Waals surface area contributed by atoms with Gasteiger partial charge in [0.15, 0.2) is 15.1 Å². The van der Waals surface area contributed by atoms with Crippen LogP contribution in [0.1, 0.15) is 11.6 Å². The molecule has 2 aromatic rings. The van der Waals surface area contributed by atoms with Crippen molar-refractivity contribution < 1.29 is 18.0 Å². The van der Waals surface area contributed by atoms with Gasteiger partial charge in [-0.2, -0.15) is 0 Å². The molecule has 124 valence electrons. The van der Waals surface area contributed by atoms with Crippen molar-refractivity contribution in [2.75, 3.05) is 11.2 Å².